The molecule has 3 aliphatic rings. The van der Waals surface area contributed by atoms with E-state index >= 15 is 0 Å². The zero-order chi connectivity index (χ0) is 32.3. The van der Waals surface area contributed by atoms with Crippen LogP contribution in [0.3, 0.4) is 0 Å². The molecule has 3 heterocycles. The fourth-order valence-corrected chi connectivity index (χ4v) is 8.78. The number of nitrogens with zero attached hydrogens (tertiary/aromatic N) is 1. The molecule has 9 heteroatoms. The summed E-state index contributed by atoms with van der Waals surface area (Å²) in [4.78, 5) is 15.8. The second-order valence-corrected chi connectivity index (χ2v) is 14.9. The van der Waals surface area contributed by atoms with Crippen LogP contribution in [0.1, 0.15) is 88.5 Å². The molecule has 0 aromatic rings. The molecule has 8 nitrogen and oxygen atoms in total. The van der Waals surface area contributed by atoms with Crippen LogP contribution in [0.4, 0.5) is 0 Å². The molecule has 0 aromatic carbocycles. The lowest BCUT2D eigenvalue weighted by Gasteiger charge is -2.44. The summed E-state index contributed by atoms with van der Waals surface area (Å²) >= 11 is 1.45. The Bertz CT molecular complexity index is 873. The minimum atomic E-state index is -1.61. The van der Waals surface area contributed by atoms with Crippen LogP contribution in [0.25, 0.3) is 0 Å². The highest BCUT2D eigenvalue weighted by Crippen LogP contribution is 2.51. The van der Waals surface area contributed by atoms with Crippen LogP contribution in [0.5, 0.6) is 0 Å². The maximum Gasteiger partial charge on any atom is 0.309 e. The number of hydrogen-bond acceptors (Lipinski definition) is 9. The number of carbonyl (C=O) groups is 1. The standard InChI is InChI=1S/C31H57NO7S.C2H4/c1-13-24(33)31(10,35)26-22(8)25-16(2)15-30(9,38-25)27(19(5)18(4)20(6)28(34)37-26)40-39-29-21(7)23(32(11)12)14-17(3)36-29;1-2/h16-27,29,33,35H,13-15H2,1-12H3;1-2H2/t16?,17?,18?,19?,20-,21?,22+,23?,24-,25?,26?,27-,29?,30+,31-;/m1./s1. The Hall–Kier alpha value is -0.680. The first-order valence-corrected chi connectivity index (χ1v) is 16.7. The van der Waals surface area contributed by atoms with E-state index < -0.39 is 29.3 Å². The second kappa shape index (κ2) is 15.1. The summed E-state index contributed by atoms with van der Waals surface area (Å²) in [7, 11) is 4.22. The minimum Gasteiger partial charge on any atom is -0.459 e. The molecule has 3 saturated heterocycles. The lowest BCUT2D eigenvalue weighted by molar-refractivity contribution is -0.202. The number of carbonyl (C=O) groups excluding carboxylic acids is 1. The van der Waals surface area contributed by atoms with Gasteiger partial charge in [0, 0.05) is 29.9 Å². The number of aliphatic hydroxyl groups excluding tert-OH is 1. The first-order valence-electron chi connectivity index (χ1n) is 15.9. The third-order valence-corrected chi connectivity index (χ3v) is 12.0. The number of hydrogen-bond donors (Lipinski definition) is 2. The van der Waals surface area contributed by atoms with Crippen molar-refractivity contribution in [2.45, 2.75) is 142 Å². The molecular weight excluding hydrogens is 554 g/mol. The number of aliphatic hydroxyl groups is 2. The Labute approximate surface area is 260 Å². The maximum atomic E-state index is 13.6. The minimum absolute atomic E-state index is 0.0448. The molecule has 42 heavy (non-hydrogen) atoms. The van der Waals surface area contributed by atoms with Gasteiger partial charge < -0.3 is 29.3 Å². The van der Waals surface area contributed by atoms with Gasteiger partial charge >= 0.3 is 5.97 Å². The van der Waals surface area contributed by atoms with Crippen LogP contribution in [-0.2, 0) is 23.2 Å². The summed E-state index contributed by atoms with van der Waals surface area (Å²) in [5.41, 5.74) is -2.14. The lowest BCUT2D eigenvalue weighted by atomic mass is 9.75. The van der Waals surface area contributed by atoms with Gasteiger partial charge in [0.2, 0.25) is 0 Å². The van der Waals surface area contributed by atoms with Gasteiger partial charge in [-0.15, -0.1) is 13.2 Å². The van der Waals surface area contributed by atoms with Crippen LogP contribution in [-0.4, -0.2) is 88.4 Å². The molecule has 15 atom stereocenters. The Morgan fingerprint density at radius 3 is 2.24 bits per heavy atom. The SMILES string of the molecule is C=C.CC[C@@H](O)[C@@](C)(O)C1OC(=O)[C@H](C)C(C)C(C)[C@@H](SOC2OC(C)CC(N(C)C)C2C)[C@]2(C)CC(C)C(O2)[C@@H]1C. The zero-order valence-corrected chi connectivity index (χ0v) is 29.1. The molecule has 0 spiro atoms. The van der Waals surface area contributed by atoms with Crippen LogP contribution in [0.2, 0.25) is 0 Å². The smallest absolute Gasteiger partial charge is 0.309 e. The van der Waals surface area contributed by atoms with Crippen molar-refractivity contribution in [3.05, 3.63) is 13.2 Å². The number of esters is 1. The van der Waals surface area contributed by atoms with Gasteiger partial charge in [0.1, 0.15) is 11.7 Å². The molecular formula is C33H61NO7S. The highest BCUT2D eigenvalue weighted by Gasteiger charge is 2.56. The highest BCUT2D eigenvalue weighted by atomic mass is 32.2. The van der Waals surface area contributed by atoms with Crippen molar-refractivity contribution in [2.24, 2.45) is 35.5 Å². The van der Waals surface area contributed by atoms with Crippen molar-refractivity contribution in [1.82, 2.24) is 4.90 Å². The molecule has 2 bridgehead atoms. The number of cyclic esters (lactones) is 1. The maximum absolute atomic E-state index is 13.6. The molecule has 0 amide bonds. The van der Waals surface area contributed by atoms with Gasteiger partial charge in [-0.05, 0) is 71.9 Å². The number of fused-ring (bicyclic) bond motifs is 2. The van der Waals surface area contributed by atoms with Crippen LogP contribution in [0, 0.1) is 35.5 Å². The monoisotopic (exact) mass is 615 g/mol. The van der Waals surface area contributed by atoms with Crippen molar-refractivity contribution >= 4 is 18.0 Å². The van der Waals surface area contributed by atoms with Crippen LogP contribution < -0.4 is 0 Å². The van der Waals surface area contributed by atoms with Crippen molar-refractivity contribution in [3.8, 4) is 0 Å². The number of ether oxygens (including phenoxy) is 3. The normalized spacial score (nSPS) is 45.2. The Morgan fingerprint density at radius 1 is 1.10 bits per heavy atom. The quantitative estimate of drug-likeness (QED) is 0.212. The van der Waals surface area contributed by atoms with E-state index in [1.165, 1.54) is 12.0 Å². The predicted octanol–water partition coefficient (Wildman–Crippen LogP) is 5.70. The largest absolute Gasteiger partial charge is 0.459 e. The van der Waals surface area contributed by atoms with E-state index in [1.54, 1.807) is 6.92 Å². The Kier molecular flexibility index (Phi) is 13.5. The molecule has 0 aromatic heterocycles. The van der Waals surface area contributed by atoms with Gasteiger partial charge in [0.15, 0.2) is 6.29 Å². The Morgan fingerprint density at radius 2 is 1.69 bits per heavy atom. The van der Waals surface area contributed by atoms with E-state index in [4.69, 9.17) is 18.4 Å². The summed E-state index contributed by atoms with van der Waals surface area (Å²) in [6, 6.07) is 0.361. The summed E-state index contributed by atoms with van der Waals surface area (Å²) < 4.78 is 25.9. The van der Waals surface area contributed by atoms with Crippen LogP contribution in [0.15, 0.2) is 13.2 Å². The predicted molar refractivity (Wildman–Crippen MR) is 170 cm³/mol. The molecule has 0 aliphatic carbocycles. The van der Waals surface area contributed by atoms with Gasteiger partial charge in [0.05, 0.1) is 35.1 Å². The van der Waals surface area contributed by atoms with Crippen molar-refractivity contribution in [1.29, 1.82) is 0 Å². The van der Waals surface area contributed by atoms with Crippen molar-refractivity contribution < 1.29 is 33.4 Å². The Balaban J connectivity index is 0.00000301. The van der Waals surface area contributed by atoms with E-state index in [9.17, 15) is 15.0 Å². The van der Waals surface area contributed by atoms with E-state index in [-0.39, 0.29) is 59.3 Å². The molecule has 3 rings (SSSR count). The van der Waals surface area contributed by atoms with E-state index in [2.05, 4.69) is 73.7 Å². The summed E-state index contributed by atoms with van der Waals surface area (Å²) in [5, 5.41) is 22.2. The van der Waals surface area contributed by atoms with Gasteiger partial charge in [-0.2, -0.15) is 0 Å². The van der Waals surface area contributed by atoms with Crippen LogP contribution >= 0.6 is 12.0 Å². The van der Waals surface area contributed by atoms with Crippen molar-refractivity contribution in [2.75, 3.05) is 14.1 Å². The van der Waals surface area contributed by atoms with Crippen molar-refractivity contribution in [3.63, 3.8) is 0 Å². The first kappa shape index (κ1) is 37.5. The van der Waals surface area contributed by atoms with E-state index in [0.717, 1.165) is 12.8 Å². The molecule has 246 valence electrons. The summed E-state index contributed by atoms with van der Waals surface area (Å²) in [5.74, 6) is -0.742. The first-order chi connectivity index (χ1) is 19.5. The zero-order valence-electron chi connectivity index (χ0n) is 28.3. The summed E-state index contributed by atoms with van der Waals surface area (Å²) in [6.45, 7) is 26.1. The van der Waals surface area contributed by atoms with Gasteiger partial charge in [-0.1, -0.05) is 48.5 Å². The van der Waals surface area contributed by atoms with Gasteiger partial charge in [-0.25, -0.2) is 0 Å². The van der Waals surface area contributed by atoms with E-state index in [1.807, 2.05) is 20.8 Å². The summed E-state index contributed by atoms with van der Waals surface area (Å²) in [6.07, 6.45) is -0.334. The molecule has 9 unspecified atom stereocenters. The highest BCUT2D eigenvalue weighted by molar-refractivity contribution is 7.95. The molecule has 0 saturated carbocycles. The number of rotatable bonds is 7. The van der Waals surface area contributed by atoms with E-state index in [0.29, 0.717) is 12.5 Å². The molecule has 0 radical (unpaired) electrons. The molecule has 3 fully saturated rings. The average Bonchev–Trinajstić information content (AvgIpc) is 3.25. The third-order valence-electron chi connectivity index (χ3n) is 10.5. The third kappa shape index (κ3) is 7.75. The fraction of sp³-hybridized carbons (Fsp3) is 0.909. The molecule has 2 N–H and O–H groups in total. The topological polar surface area (TPSA) is 97.7 Å². The van der Waals surface area contributed by atoms with Gasteiger partial charge in [-0.3, -0.25) is 8.98 Å². The fourth-order valence-electron chi connectivity index (χ4n) is 7.55. The second-order valence-electron chi connectivity index (χ2n) is 14.0. The average molecular weight is 616 g/mol. The molecule has 3 aliphatic heterocycles. The van der Waals surface area contributed by atoms with Gasteiger partial charge in [0.25, 0.3) is 0 Å². The lowest BCUT2D eigenvalue weighted by Crippen LogP contribution is -2.57.